The first-order chi connectivity index (χ1) is 10.8. The molecule has 1 fully saturated rings. The Kier molecular flexibility index (Phi) is 3.47. The highest BCUT2D eigenvalue weighted by molar-refractivity contribution is 6.14. The number of urea groups is 1. The van der Waals surface area contributed by atoms with Crippen LogP contribution in [0.3, 0.4) is 0 Å². The highest BCUT2D eigenvalue weighted by Crippen LogP contribution is 2.24. The Morgan fingerprint density at radius 3 is 2.61 bits per heavy atom. The first-order valence-corrected chi connectivity index (χ1v) is 7.61. The van der Waals surface area contributed by atoms with Crippen LogP contribution in [-0.2, 0) is 11.2 Å². The van der Waals surface area contributed by atoms with Gasteiger partial charge in [0.1, 0.15) is 5.54 Å². The van der Waals surface area contributed by atoms with Crippen molar-refractivity contribution in [2.75, 3.05) is 6.54 Å². The van der Waals surface area contributed by atoms with Crippen molar-refractivity contribution in [2.24, 2.45) is 0 Å². The lowest BCUT2D eigenvalue weighted by Gasteiger charge is -2.15. The third-order valence-corrected chi connectivity index (χ3v) is 4.23. The zero-order chi connectivity index (χ0) is 16.8. The molecule has 3 rings (SSSR count). The SMILES string of the molecule is CCc1cccc2c(C(=O)CN3C(=O)NC(C)(C)C3=O)c[nH]c12. The molecular formula is C17H19N3O3. The molecule has 0 saturated carbocycles. The topological polar surface area (TPSA) is 82.3 Å². The number of carbonyl (C=O) groups is 3. The number of Topliss-reactive ketones (excluding diaryl/α,β-unsaturated/α-hetero) is 1. The highest BCUT2D eigenvalue weighted by atomic mass is 16.2. The lowest BCUT2D eigenvalue weighted by Crippen LogP contribution is -2.41. The summed E-state index contributed by atoms with van der Waals surface area (Å²) in [6, 6.07) is 5.26. The zero-order valence-corrected chi connectivity index (χ0v) is 13.4. The summed E-state index contributed by atoms with van der Waals surface area (Å²) < 4.78 is 0. The van der Waals surface area contributed by atoms with Crippen LogP contribution in [0.2, 0.25) is 0 Å². The van der Waals surface area contributed by atoms with Gasteiger partial charge in [0.15, 0.2) is 5.78 Å². The summed E-state index contributed by atoms with van der Waals surface area (Å²) >= 11 is 0. The van der Waals surface area contributed by atoms with E-state index in [2.05, 4.69) is 10.3 Å². The lowest BCUT2D eigenvalue weighted by molar-refractivity contribution is -0.129. The first-order valence-electron chi connectivity index (χ1n) is 7.61. The fourth-order valence-electron chi connectivity index (χ4n) is 2.93. The van der Waals surface area contributed by atoms with Gasteiger partial charge < -0.3 is 10.3 Å². The van der Waals surface area contributed by atoms with Crippen molar-refractivity contribution in [1.82, 2.24) is 15.2 Å². The number of aryl methyl sites for hydroxylation is 1. The van der Waals surface area contributed by atoms with Crippen LogP contribution in [0.4, 0.5) is 4.79 Å². The van der Waals surface area contributed by atoms with Crippen LogP contribution in [0.5, 0.6) is 0 Å². The predicted molar refractivity (Wildman–Crippen MR) is 86.3 cm³/mol. The molecule has 1 aliphatic heterocycles. The Hall–Kier alpha value is -2.63. The third-order valence-electron chi connectivity index (χ3n) is 4.23. The molecule has 2 aromatic rings. The quantitative estimate of drug-likeness (QED) is 0.671. The number of nitrogens with zero attached hydrogens (tertiary/aromatic N) is 1. The second-order valence-electron chi connectivity index (χ2n) is 6.27. The molecule has 6 nitrogen and oxygen atoms in total. The van der Waals surface area contributed by atoms with Crippen molar-refractivity contribution in [3.8, 4) is 0 Å². The molecule has 0 bridgehead atoms. The van der Waals surface area contributed by atoms with Gasteiger partial charge in [0.05, 0.1) is 6.54 Å². The minimum Gasteiger partial charge on any atom is -0.360 e. The van der Waals surface area contributed by atoms with Crippen molar-refractivity contribution in [3.63, 3.8) is 0 Å². The highest BCUT2D eigenvalue weighted by Gasteiger charge is 2.44. The maximum atomic E-state index is 12.6. The smallest absolute Gasteiger partial charge is 0.325 e. The minimum atomic E-state index is -0.965. The summed E-state index contributed by atoms with van der Waals surface area (Å²) in [5.41, 5.74) is 1.58. The molecular weight excluding hydrogens is 294 g/mol. The Morgan fingerprint density at radius 2 is 2.00 bits per heavy atom. The van der Waals surface area contributed by atoms with Crippen LogP contribution in [0.15, 0.2) is 24.4 Å². The van der Waals surface area contributed by atoms with Crippen LogP contribution < -0.4 is 5.32 Å². The maximum Gasteiger partial charge on any atom is 0.325 e. The molecule has 1 aromatic heterocycles. The number of imide groups is 1. The third kappa shape index (κ3) is 2.40. The summed E-state index contributed by atoms with van der Waals surface area (Å²) in [6.45, 7) is 5.04. The number of benzene rings is 1. The van der Waals surface area contributed by atoms with Gasteiger partial charge in [-0.3, -0.25) is 14.5 Å². The van der Waals surface area contributed by atoms with E-state index < -0.39 is 11.6 Å². The van der Waals surface area contributed by atoms with Crippen LogP contribution in [0.25, 0.3) is 10.9 Å². The summed E-state index contributed by atoms with van der Waals surface area (Å²) in [5.74, 6) is -0.643. The molecule has 0 aliphatic carbocycles. The number of ketones is 1. The van der Waals surface area contributed by atoms with E-state index in [0.717, 1.165) is 27.8 Å². The van der Waals surface area contributed by atoms with E-state index in [-0.39, 0.29) is 18.2 Å². The van der Waals surface area contributed by atoms with E-state index in [1.165, 1.54) is 0 Å². The Bertz CT molecular complexity index is 820. The average Bonchev–Trinajstić information content (AvgIpc) is 3.01. The van der Waals surface area contributed by atoms with Crippen molar-refractivity contribution < 1.29 is 14.4 Å². The van der Waals surface area contributed by atoms with Gasteiger partial charge in [0.25, 0.3) is 5.91 Å². The average molecular weight is 313 g/mol. The molecule has 2 N–H and O–H groups in total. The summed E-state index contributed by atoms with van der Waals surface area (Å²) in [5, 5.41) is 3.40. The van der Waals surface area contributed by atoms with Gasteiger partial charge in [0, 0.05) is 22.7 Å². The maximum absolute atomic E-state index is 12.6. The minimum absolute atomic E-state index is 0.253. The second-order valence-corrected chi connectivity index (χ2v) is 6.27. The lowest BCUT2D eigenvalue weighted by atomic mass is 10.0. The summed E-state index contributed by atoms with van der Waals surface area (Å²) in [4.78, 5) is 40.8. The Balaban J connectivity index is 1.90. The van der Waals surface area contributed by atoms with Gasteiger partial charge in [-0.15, -0.1) is 0 Å². The van der Waals surface area contributed by atoms with Crippen LogP contribution in [-0.4, -0.2) is 39.7 Å². The van der Waals surface area contributed by atoms with Gasteiger partial charge in [-0.25, -0.2) is 4.79 Å². The number of nitrogens with one attached hydrogen (secondary N) is 2. The number of para-hydroxylation sites is 1. The number of amides is 3. The molecule has 0 unspecified atom stereocenters. The van der Waals surface area contributed by atoms with Crippen LogP contribution >= 0.6 is 0 Å². The Labute approximate surface area is 133 Å². The first kappa shape index (κ1) is 15.3. The molecule has 1 aromatic carbocycles. The van der Waals surface area contributed by atoms with Crippen molar-refractivity contribution in [1.29, 1.82) is 0 Å². The normalized spacial score (nSPS) is 16.9. The summed E-state index contributed by atoms with van der Waals surface area (Å²) in [6.07, 6.45) is 2.50. The number of aromatic nitrogens is 1. The van der Waals surface area contributed by atoms with E-state index >= 15 is 0 Å². The van der Waals surface area contributed by atoms with Crippen molar-refractivity contribution >= 4 is 28.6 Å². The number of aromatic amines is 1. The van der Waals surface area contributed by atoms with Gasteiger partial charge in [-0.05, 0) is 25.8 Å². The molecule has 3 amide bonds. The van der Waals surface area contributed by atoms with Gasteiger partial charge >= 0.3 is 6.03 Å². The number of fused-ring (bicyclic) bond motifs is 1. The number of rotatable bonds is 4. The fourth-order valence-corrected chi connectivity index (χ4v) is 2.93. The molecule has 6 heteroatoms. The largest absolute Gasteiger partial charge is 0.360 e. The standard InChI is InChI=1S/C17H19N3O3/c1-4-10-6-5-7-11-12(8-18-14(10)11)13(21)9-20-15(22)17(2,3)19-16(20)23/h5-8,18H,4,9H2,1-3H3,(H,19,23). The van der Waals surface area contributed by atoms with Gasteiger partial charge in [-0.2, -0.15) is 0 Å². The van der Waals surface area contributed by atoms with E-state index in [4.69, 9.17) is 0 Å². The molecule has 0 atom stereocenters. The fraction of sp³-hybridized carbons (Fsp3) is 0.353. The number of carbonyl (C=O) groups excluding carboxylic acids is 3. The van der Waals surface area contributed by atoms with E-state index in [1.54, 1.807) is 20.0 Å². The van der Waals surface area contributed by atoms with E-state index in [1.807, 2.05) is 25.1 Å². The molecule has 120 valence electrons. The van der Waals surface area contributed by atoms with Gasteiger partial charge in [0.2, 0.25) is 0 Å². The van der Waals surface area contributed by atoms with E-state index in [0.29, 0.717) is 5.56 Å². The molecule has 1 aliphatic rings. The molecule has 2 heterocycles. The molecule has 23 heavy (non-hydrogen) atoms. The monoisotopic (exact) mass is 313 g/mol. The van der Waals surface area contributed by atoms with Crippen LogP contribution in [0.1, 0.15) is 36.7 Å². The number of hydrogen-bond donors (Lipinski definition) is 2. The van der Waals surface area contributed by atoms with Crippen molar-refractivity contribution in [3.05, 3.63) is 35.5 Å². The zero-order valence-electron chi connectivity index (χ0n) is 13.4. The van der Waals surface area contributed by atoms with E-state index in [9.17, 15) is 14.4 Å². The second kappa shape index (κ2) is 5.22. The Morgan fingerprint density at radius 1 is 1.26 bits per heavy atom. The summed E-state index contributed by atoms with van der Waals surface area (Å²) in [7, 11) is 0. The predicted octanol–water partition coefficient (Wildman–Crippen LogP) is 2.24. The van der Waals surface area contributed by atoms with Crippen LogP contribution in [0, 0.1) is 0 Å². The molecule has 1 saturated heterocycles. The number of H-pyrrole nitrogens is 1. The molecule has 0 radical (unpaired) electrons. The molecule has 0 spiro atoms. The van der Waals surface area contributed by atoms with Gasteiger partial charge in [-0.1, -0.05) is 25.1 Å². The number of hydrogen-bond acceptors (Lipinski definition) is 3. The van der Waals surface area contributed by atoms with Crippen molar-refractivity contribution in [2.45, 2.75) is 32.7 Å².